The van der Waals surface area contributed by atoms with E-state index in [-0.39, 0.29) is 11.9 Å². The first-order chi connectivity index (χ1) is 10.1. The summed E-state index contributed by atoms with van der Waals surface area (Å²) in [6, 6.07) is 4.64. The van der Waals surface area contributed by atoms with E-state index in [0.717, 1.165) is 18.7 Å². The van der Waals surface area contributed by atoms with Gasteiger partial charge in [0.2, 0.25) is 0 Å². The zero-order valence-corrected chi connectivity index (χ0v) is 13.1. The molecular weight excluding hydrogens is 266 g/mol. The van der Waals surface area contributed by atoms with Crippen molar-refractivity contribution in [3.8, 4) is 5.75 Å². The quantitative estimate of drug-likeness (QED) is 0.769. The Labute approximate surface area is 126 Å². The third-order valence-corrected chi connectivity index (χ3v) is 3.63. The van der Waals surface area contributed by atoms with E-state index in [1.54, 1.807) is 13.1 Å². The van der Waals surface area contributed by atoms with E-state index in [1.807, 2.05) is 26.0 Å². The van der Waals surface area contributed by atoms with Crippen molar-refractivity contribution in [2.75, 3.05) is 0 Å². The van der Waals surface area contributed by atoms with Crippen molar-refractivity contribution in [1.29, 1.82) is 0 Å². The first kappa shape index (κ1) is 15.8. The third-order valence-electron chi connectivity index (χ3n) is 3.63. The minimum Gasteiger partial charge on any atom is -0.479 e. The van der Waals surface area contributed by atoms with Crippen molar-refractivity contribution in [1.82, 2.24) is 15.6 Å². The molecule has 1 aliphatic rings. The van der Waals surface area contributed by atoms with E-state index < -0.39 is 6.10 Å². The molecule has 116 valence electrons. The molecule has 0 aromatic carbocycles. The van der Waals surface area contributed by atoms with Crippen molar-refractivity contribution < 1.29 is 9.53 Å². The van der Waals surface area contributed by atoms with Crippen LogP contribution in [0.1, 0.15) is 45.7 Å². The fourth-order valence-corrected chi connectivity index (χ4v) is 1.84. The fourth-order valence-electron chi connectivity index (χ4n) is 1.84. The number of aromatic nitrogens is 1. The SMILES string of the molecule is CCC(C)NC(=O)C(C)Oc1ccc(CNC2CC2)nc1. The van der Waals surface area contributed by atoms with Crippen LogP contribution in [0, 0.1) is 0 Å². The lowest BCUT2D eigenvalue weighted by molar-refractivity contribution is -0.127. The molecule has 0 saturated heterocycles. The van der Waals surface area contributed by atoms with Crippen LogP contribution in [0.3, 0.4) is 0 Å². The van der Waals surface area contributed by atoms with Gasteiger partial charge in [-0.05, 0) is 45.2 Å². The molecule has 1 saturated carbocycles. The van der Waals surface area contributed by atoms with E-state index in [1.165, 1.54) is 12.8 Å². The summed E-state index contributed by atoms with van der Waals surface area (Å²) in [6.07, 6.45) is 4.60. The summed E-state index contributed by atoms with van der Waals surface area (Å²) < 4.78 is 5.62. The van der Waals surface area contributed by atoms with Crippen molar-refractivity contribution in [3.63, 3.8) is 0 Å². The van der Waals surface area contributed by atoms with Gasteiger partial charge in [-0.3, -0.25) is 9.78 Å². The minimum absolute atomic E-state index is 0.0937. The molecule has 0 bridgehead atoms. The molecule has 0 spiro atoms. The molecule has 2 unspecified atom stereocenters. The second-order valence-electron chi connectivity index (χ2n) is 5.72. The molecule has 1 aromatic heterocycles. The number of nitrogens with zero attached hydrogens (tertiary/aromatic N) is 1. The molecule has 1 aliphatic carbocycles. The van der Waals surface area contributed by atoms with Crippen LogP contribution in [0.25, 0.3) is 0 Å². The van der Waals surface area contributed by atoms with Crippen LogP contribution in [0.15, 0.2) is 18.3 Å². The Balaban J connectivity index is 1.79. The number of rotatable bonds is 8. The monoisotopic (exact) mass is 291 g/mol. The maximum atomic E-state index is 11.9. The van der Waals surface area contributed by atoms with E-state index in [9.17, 15) is 4.79 Å². The molecule has 2 rings (SSSR count). The first-order valence-corrected chi connectivity index (χ1v) is 7.73. The lowest BCUT2D eigenvalue weighted by Crippen LogP contribution is -2.41. The molecule has 5 heteroatoms. The Morgan fingerprint density at radius 1 is 1.43 bits per heavy atom. The number of carbonyl (C=O) groups is 1. The van der Waals surface area contributed by atoms with Gasteiger partial charge in [-0.25, -0.2) is 0 Å². The minimum atomic E-state index is -0.517. The summed E-state index contributed by atoms with van der Waals surface area (Å²) >= 11 is 0. The number of pyridine rings is 1. The van der Waals surface area contributed by atoms with Crippen LogP contribution in [0.4, 0.5) is 0 Å². The molecule has 1 heterocycles. The van der Waals surface area contributed by atoms with Gasteiger partial charge in [0.15, 0.2) is 6.10 Å². The topological polar surface area (TPSA) is 63.2 Å². The molecule has 2 atom stereocenters. The fraction of sp³-hybridized carbons (Fsp3) is 0.625. The number of hydrogen-bond acceptors (Lipinski definition) is 4. The second-order valence-corrected chi connectivity index (χ2v) is 5.72. The van der Waals surface area contributed by atoms with Crippen LogP contribution in [0.2, 0.25) is 0 Å². The van der Waals surface area contributed by atoms with Crippen molar-refractivity contribution in [2.45, 2.75) is 64.8 Å². The standard InChI is InChI=1S/C16H25N3O2/c1-4-11(2)19-16(20)12(3)21-15-8-7-14(18-10-15)9-17-13-5-6-13/h7-8,10-13,17H,4-6,9H2,1-3H3,(H,19,20). The molecule has 1 amide bonds. The van der Waals surface area contributed by atoms with Crippen LogP contribution < -0.4 is 15.4 Å². The van der Waals surface area contributed by atoms with Gasteiger partial charge in [0.05, 0.1) is 11.9 Å². The average Bonchev–Trinajstić information content (AvgIpc) is 3.30. The van der Waals surface area contributed by atoms with E-state index in [4.69, 9.17) is 4.74 Å². The van der Waals surface area contributed by atoms with Gasteiger partial charge in [0.25, 0.3) is 5.91 Å². The maximum Gasteiger partial charge on any atom is 0.260 e. The second kappa shape index (κ2) is 7.41. The van der Waals surface area contributed by atoms with Crippen molar-refractivity contribution in [3.05, 3.63) is 24.0 Å². The highest BCUT2D eigenvalue weighted by Crippen LogP contribution is 2.19. The summed E-state index contributed by atoms with van der Waals surface area (Å²) in [6.45, 7) is 6.55. The van der Waals surface area contributed by atoms with Crippen molar-refractivity contribution in [2.24, 2.45) is 0 Å². The van der Waals surface area contributed by atoms with Gasteiger partial charge < -0.3 is 15.4 Å². The first-order valence-electron chi connectivity index (χ1n) is 7.73. The van der Waals surface area contributed by atoms with Crippen LogP contribution in [-0.2, 0) is 11.3 Å². The number of carbonyl (C=O) groups excluding carboxylic acids is 1. The van der Waals surface area contributed by atoms with Gasteiger partial charge in [-0.2, -0.15) is 0 Å². The van der Waals surface area contributed by atoms with Gasteiger partial charge in [0, 0.05) is 18.6 Å². The zero-order chi connectivity index (χ0) is 15.2. The summed E-state index contributed by atoms with van der Waals surface area (Å²) in [5.74, 6) is 0.529. The van der Waals surface area contributed by atoms with Gasteiger partial charge in [0.1, 0.15) is 5.75 Å². The number of amides is 1. The zero-order valence-electron chi connectivity index (χ0n) is 13.1. The smallest absolute Gasteiger partial charge is 0.260 e. The molecule has 1 aromatic rings. The third kappa shape index (κ3) is 5.34. The molecule has 21 heavy (non-hydrogen) atoms. The summed E-state index contributed by atoms with van der Waals surface area (Å²) in [4.78, 5) is 16.3. The van der Waals surface area contributed by atoms with Crippen LogP contribution in [-0.4, -0.2) is 29.1 Å². The number of nitrogens with one attached hydrogen (secondary N) is 2. The number of ether oxygens (including phenoxy) is 1. The van der Waals surface area contributed by atoms with Gasteiger partial charge in [-0.1, -0.05) is 6.92 Å². The highest BCUT2D eigenvalue weighted by molar-refractivity contribution is 5.80. The Kier molecular flexibility index (Phi) is 5.56. The molecule has 2 N–H and O–H groups in total. The summed E-state index contributed by atoms with van der Waals surface area (Å²) in [5.41, 5.74) is 0.992. The van der Waals surface area contributed by atoms with E-state index >= 15 is 0 Å². The highest BCUT2D eigenvalue weighted by Gasteiger charge is 2.20. The summed E-state index contributed by atoms with van der Waals surface area (Å²) in [7, 11) is 0. The van der Waals surface area contributed by atoms with Gasteiger partial charge >= 0.3 is 0 Å². The maximum absolute atomic E-state index is 11.9. The Morgan fingerprint density at radius 2 is 2.19 bits per heavy atom. The lowest BCUT2D eigenvalue weighted by atomic mass is 10.2. The van der Waals surface area contributed by atoms with Gasteiger partial charge in [-0.15, -0.1) is 0 Å². The molecule has 0 radical (unpaired) electrons. The largest absolute Gasteiger partial charge is 0.479 e. The Hall–Kier alpha value is -1.62. The average molecular weight is 291 g/mol. The van der Waals surface area contributed by atoms with E-state index in [2.05, 4.69) is 15.6 Å². The predicted octanol–water partition coefficient (Wildman–Crippen LogP) is 2.02. The highest BCUT2D eigenvalue weighted by atomic mass is 16.5. The van der Waals surface area contributed by atoms with Crippen LogP contribution >= 0.6 is 0 Å². The lowest BCUT2D eigenvalue weighted by Gasteiger charge is -2.17. The normalized spacial score (nSPS) is 17.1. The molecule has 0 aliphatic heterocycles. The number of hydrogen-bond donors (Lipinski definition) is 2. The van der Waals surface area contributed by atoms with E-state index in [0.29, 0.717) is 11.8 Å². The van der Waals surface area contributed by atoms with Crippen LogP contribution in [0.5, 0.6) is 5.75 Å². The molecule has 5 nitrogen and oxygen atoms in total. The predicted molar refractivity (Wildman–Crippen MR) is 82.1 cm³/mol. The summed E-state index contributed by atoms with van der Waals surface area (Å²) in [5, 5.41) is 6.32. The van der Waals surface area contributed by atoms with Crippen molar-refractivity contribution >= 4 is 5.91 Å². The Morgan fingerprint density at radius 3 is 2.76 bits per heavy atom. The molecular formula is C16H25N3O2. The Bertz CT molecular complexity index is 457. The molecule has 1 fully saturated rings.